The quantitative estimate of drug-likeness (QED) is 0.595. The molecule has 0 aliphatic heterocycles. The molecule has 6 nitrogen and oxygen atoms in total. The Morgan fingerprint density at radius 3 is 2.36 bits per heavy atom. The van der Waals surface area contributed by atoms with Crippen LogP contribution < -0.4 is 15.6 Å². The lowest BCUT2D eigenvalue weighted by molar-refractivity contribution is -0.114. The Balaban J connectivity index is 1.98. The number of halogens is 1. The maximum Gasteiger partial charge on any atom is 0.271 e. The number of nitrogens with one attached hydrogen (secondary N) is 2. The molecule has 0 saturated carbocycles. The second-order valence-electron chi connectivity index (χ2n) is 5.56. The molecule has 7 heteroatoms. The average molecular weight is 403 g/mol. The van der Waals surface area contributed by atoms with E-state index < -0.39 is 0 Å². The first kappa shape index (κ1) is 18.7. The number of carbonyl (C=O) groups excluding carboxylic acids is 2. The summed E-state index contributed by atoms with van der Waals surface area (Å²) in [5, 5.41) is 6.62. The molecular formula is C18H19BrN4O2. The van der Waals surface area contributed by atoms with E-state index in [0.717, 1.165) is 15.7 Å². The van der Waals surface area contributed by atoms with Crippen molar-refractivity contribution in [2.75, 3.05) is 24.3 Å². The average Bonchev–Trinajstić information content (AvgIpc) is 2.54. The van der Waals surface area contributed by atoms with Gasteiger partial charge in [0.05, 0.1) is 11.9 Å². The van der Waals surface area contributed by atoms with E-state index in [1.165, 1.54) is 6.92 Å². The lowest BCUT2D eigenvalue weighted by Gasteiger charge is -2.14. The summed E-state index contributed by atoms with van der Waals surface area (Å²) in [6.07, 6.45) is 1.58. The number of hydrazone groups is 1. The van der Waals surface area contributed by atoms with Crippen LogP contribution >= 0.6 is 15.9 Å². The van der Waals surface area contributed by atoms with Crippen LogP contribution in [0.1, 0.15) is 22.8 Å². The molecule has 2 amide bonds. The van der Waals surface area contributed by atoms with Gasteiger partial charge in [-0.05, 0) is 57.9 Å². The van der Waals surface area contributed by atoms with Crippen LogP contribution in [0.4, 0.5) is 11.4 Å². The molecule has 2 aromatic rings. The van der Waals surface area contributed by atoms with Gasteiger partial charge >= 0.3 is 0 Å². The molecule has 0 radical (unpaired) electrons. The van der Waals surface area contributed by atoms with Gasteiger partial charge in [-0.15, -0.1) is 0 Å². The van der Waals surface area contributed by atoms with Crippen molar-refractivity contribution >= 4 is 45.3 Å². The van der Waals surface area contributed by atoms with Gasteiger partial charge in [0.15, 0.2) is 0 Å². The lowest BCUT2D eigenvalue weighted by atomic mass is 10.2. The number of hydrogen-bond donors (Lipinski definition) is 2. The first-order chi connectivity index (χ1) is 11.9. The van der Waals surface area contributed by atoms with Crippen molar-refractivity contribution in [3.8, 4) is 0 Å². The third-order valence-electron chi connectivity index (χ3n) is 3.30. The number of amides is 2. The standard InChI is InChI=1S/C18H19BrN4O2/c1-12(24)21-15-7-5-14(6-8-15)18(25)22-20-11-13-4-9-17(23(2)3)16(19)10-13/h4-11H,1-3H3,(H,21,24)(H,22,25)/b20-11-. The highest BCUT2D eigenvalue weighted by atomic mass is 79.9. The Bertz CT molecular complexity index is 801. The van der Waals surface area contributed by atoms with Gasteiger partial charge in [0.1, 0.15) is 0 Å². The Morgan fingerprint density at radius 2 is 1.80 bits per heavy atom. The number of carbonyl (C=O) groups is 2. The zero-order chi connectivity index (χ0) is 18.4. The molecule has 0 fully saturated rings. The smallest absolute Gasteiger partial charge is 0.271 e. The number of anilines is 2. The molecule has 0 spiro atoms. The van der Waals surface area contributed by atoms with Crippen molar-refractivity contribution in [1.29, 1.82) is 0 Å². The summed E-state index contributed by atoms with van der Waals surface area (Å²) in [6.45, 7) is 1.43. The molecule has 0 aliphatic carbocycles. The molecular weight excluding hydrogens is 384 g/mol. The molecule has 0 aliphatic rings. The van der Waals surface area contributed by atoms with Gasteiger partial charge in [0, 0.05) is 36.7 Å². The fourth-order valence-corrected chi connectivity index (χ4v) is 2.86. The largest absolute Gasteiger partial charge is 0.377 e. The van der Waals surface area contributed by atoms with Crippen LogP contribution in [-0.2, 0) is 4.79 Å². The summed E-state index contributed by atoms with van der Waals surface area (Å²) in [5.74, 6) is -0.483. The van der Waals surface area contributed by atoms with Crippen molar-refractivity contribution in [2.45, 2.75) is 6.92 Å². The second-order valence-corrected chi connectivity index (χ2v) is 6.42. The lowest BCUT2D eigenvalue weighted by Crippen LogP contribution is -2.17. The zero-order valence-corrected chi connectivity index (χ0v) is 15.8. The monoisotopic (exact) mass is 402 g/mol. The maximum atomic E-state index is 12.1. The minimum absolute atomic E-state index is 0.159. The van der Waals surface area contributed by atoms with Gasteiger partial charge < -0.3 is 10.2 Å². The molecule has 0 aromatic heterocycles. The van der Waals surface area contributed by atoms with Gasteiger partial charge in [-0.2, -0.15) is 5.10 Å². The summed E-state index contributed by atoms with van der Waals surface area (Å²) in [4.78, 5) is 25.0. The Hall–Kier alpha value is -2.67. The van der Waals surface area contributed by atoms with E-state index in [0.29, 0.717) is 11.3 Å². The zero-order valence-electron chi connectivity index (χ0n) is 14.2. The second kappa shape index (κ2) is 8.43. The predicted octanol–water partition coefficient (Wildman–Crippen LogP) is 3.24. The molecule has 2 aromatic carbocycles. The predicted molar refractivity (Wildman–Crippen MR) is 104 cm³/mol. The van der Waals surface area contributed by atoms with E-state index in [9.17, 15) is 9.59 Å². The molecule has 0 bridgehead atoms. The van der Waals surface area contributed by atoms with Gasteiger partial charge in [0.2, 0.25) is 5.91 Å². The van der Waals surface area contributed by atoms with Gasteiger partial charge in [-0.25, -0.2) is 5.43 Å². The Labute approximate surface area is 155 Å². The number of rotatable bonds is 5. The van der Waals surface area contributed by atoms with Crippen LogP contribution in [0.5, 0.6) is 0 Å². The SMILES string of the molecule is CC(=O)Nc1ccc(C(=O)N/N=C\c2ccc(N(C)C)c(Br)c2)cc1. The normalized spacial score (nSPS) is 10.6. The van der Waals surface area contributed by atoms with Crippen LogP contribution in [0.2, 0.25) is 0 Å². The first-order valence-corrected chi connectivity index (χ1v) is 8.34. The van der Waals surface area contributed by atoms with Crippen LogP contribution in [0.25, 0.3) is 0 Å². The van der Waals surface area contributed by atoms with Gasteiger partial charge in [0.25, 0.3) is 5.91 Å². The van der Waals surface area contributed by atoms with E-state index >= 15 is 0 Å². The summed E-state index contributed by atoms with van der Waals surface area (Å²) in [6, 6.07) is 12.4. The highest BCUT2D eigenvalue weighted by molar-refractivity contribution is 9.10. The minimum atomic E-state index is -0.324. The highest BCUT2D eigenvalue weighted by Gasteiger charge is 2.05. The minimum Gasteiger partial charge on any atom is -0.377 e. The van der Waals surface area contributed by atoms with Crippen molar-refractivity contribution in [1.82, 2.24) is 5.43 Å². The summed E-state index contributed by atoms with van der Waals surface area (Å²) < 4.78 is 0.946. The number of benzene rings is 2. The van der Waals surface area contributed by atoms with E-state index in [2.05, 4.69) is 31.8 Å². The Morgan fingerprint density at radius 1 is 1.12 bits per heavy atom. The van der Waals surface area contributed by atoms with Crippen LogP contribution in [0, 0.1) is 0 Å². The van der Waals surface area contributed by atoms with E-state index in [-0.39, 0.29) is 11.8 Å². The van der Waals surface area contributed by atoms with E-state index in [4.69, 9.17) is 0 Å². The van der Waals surface area contributed by atoms with Crippen molar-refractivity contribution in [2.24, 2.45) is 5.10 Å². The van der Waals surface area contributed by atoms with Gasteiger partial charge in [-0.3, -0.25) is 9.59 Å². The molecule has 0 unspecified atom stereocenters. The molecule has 130 valence electrons. The van der Waals surface area contributed by atoms with Crippen molar-refractivity contribution < 1.29 is 9.59 Å². The van der Waals surface area contributed by atoms with E-state index in [1.807, 2.05) is 37.2 Å². The fraction of sp³-hybridized carbons (Fsp3) is 0.167. The first-order valence-electron chi connectivity index (χ1n) is 7.55. The molecule has 2 N–H and O–H groups in total. The number of nitrogens with zero attached hydrogens (tertiary/aromatic N) is 2. The van der Waals surface area contributed by atoms with Crippen LogP contribution in [0.3, 0.4) is 0 Å². The topological polar surface area (TPSA) is 73.8 Å². The molecule has 0 saturated heterocycles. The van der Waals surface area contributed by atoms with E-state index in [1.54, 1.807) is 30.5 Å². The van der Waals surface area contributed by atoms with Crippen molar-refractivity contribution in [3.05, 3.63) is 58.1 Å². The molecule has 2 rings (SSSR count). The number of hydrogen-bond acceptors (Lipinski definition) is 4. The van der Waals surface area contributed by atoms with Crippen LogP contribution in [0.15, 0.2) is 52.0 Å². The van der Waals surface area contributed by atoms with Crippen molar-refractivity contribution in [3.63, 3.8) is 0 Å². The summed E-state index contributed by atoms with van der Waals surface area (Å²) in [7, 11) is 3.93. The molecule has 25 heavy (non-hydrogen) atoms. The summed E-state index contributed by atoms with van der Waals surface area (Å²) >= 11 is 3.51. The summed E-state index contributed by atoms with van der Waals surface area (Å²) in [5.41, 5.74) is 5.49. The van der Waals surface area contributed by atoms with Crippen LogP contribution in [-0.4, -0.2) is 32.1 Å². The third-order valence-corrected chi connectivity index (χ3v) is 3.94. The third kappa shape index (κ3) is 5.42. The molecule has 0 atom stereocenters. The molecule has 0 heterocycles. The maximum absolute atomic E-state index is 12.1. The Kier molecular flexibility index (Phi) is 6.30. The highest BCUT2D eigenvalue weighted by Crippen LogP contribution is 2.25. The van der Waals surface area contributed by atoms with Gasteiger partial charge in [-0.1, -0.05) is 6.07 Å². The fourth-order valence-electron chi connectivity index (χ4n) is 2.10.